The highest BCUT2D eigenvalue weighted by Gasteiger charge is 2.18. The zero-order chi connectivity index (χ0) is 18.7. The first kappa shape index (κ1) is 18.5. The molecule has 0 aliphatic rings. The highest BCUT2D eigenvalue weighted by molar-refractivity contribution is 6.39. The van der Waals surface area contributed by atoms with E-state index in [2.05, 4.69) is 15.8 Å². The van der Waals surface area contributed by atoms with Gasteiger partial charge in [-0.2, -0.15) is 0 Å². The quantitative estimate of drug-likeness (QED) is 0.570. The number of amides is 2. The molecule has 134 valence electrons. The minimum absolute atomic E-state index is 0.0925. The summed E-state index contributed by atoms with van der Waals surface area (Å²) in [6.07, 6.45) is 1.24. The summed E-state index contributed by atoms with van der Waals surface area (Å²) < 4.78 is 18.7. The summed E-state index contributed by atoms with van der Waals surface area (Å²) in [4.78, 5) is 12.1. The van der Waals surface area contributed by atoms with Crippen LogP contribution in [-0.2, 0) is 6.54 Å². The maximum atomic E-state index is 13.7. The largest absolute Gasteiger partial charge is 0.362 e. The molecule has 2 aromatic carbocycles. The number of nitrogens with one attached hydrogen (secondary N) is 2. The van der Waals surface area contributed by atoms with Crippen LogP contribution in [0.4, 0.5) is 14.9 Å². The zero-order valence-corrected chi connectivity index (χ0v) is 15.3. The zero-order valence-electron chi connectivity index (χ0n) is 13.0. The van der Waals surface area contributed by atoms with Crippen molar-refractivity contribution in [1.29, 1.82) is 0 Å². The van der Waals surface area contributed by atoms with Crippen LogP contribution in [0.15, 0.2) is 47.2 Å². The average molecular weight is 415 g/mol. The number of hydrogen-bond acceptors (Lipinski definition) is 3. The number of nitrogens with zero attached hydrogens (tertiary/aromatic N) is 1. The van der Waals surface area contributed by atoms with Crippen molar-refractivity contribution in [3.05, 3.63) is 69.1 Å². The second-order valence-electron chi connectivity index (χ2n) is 5.18. The van der Waals surface area contributed by atoms with Crippen LogP contribution < -0.4 is 10.6 Å². The van der Waals surface area contributed by atoms with Gasteiger partial charge in [0.25, 0.3) is 0 Å². The summed E-state index contributed by atoms with van der Waals surface area (Å²) in [5.41, 5.74) is 1.15. The second kappa shape index (κ2) is 7.95. The van der Waals surface area contributed by atoms with E-state index in [0.717, 1.165) is 0 Å². The maximum absolute atomic E-state index is 13.7. The third-order valence-corrected chi connectivity index (χ3v) is 4.49. The third kappa shape index (κ3) is 3.93. The average Bonchev–Trinajstić information content (AvgIpc) is 3.02. The summed E-state index contributed by atoms with van der Waals surface area (Å²) >= 11 is 18.2. The van der Waals surface area contributed by atoms with Gasteiger partial charge < -0.3 is 15.2 Å². The molecule has 0 saturated heterocycles. The fourth-order valence-corrected chi connectivity index (χ4v) is 3.07. The van der Waals surface area contributed by atoms with Gasteiger partial charge >= 0.3 is 6.03 Å². The minimum atomic E-state index is -0.600. The van der Waals surface area contributed by atoms with Gasteiger partial charge in [0.15, 0.2) is 0 Å². The van der Waals surface area contributed by atoms with Crippen molar-refractivity contribution in [1.82, 2.24) is 10.5 Å². The van der Waals surface area contributed by atoms with E-state index < -0.39 is 11.8 Å². The van der Waals surface area contributed by atoms with Gasteiger partial charge in [0, 0.05) is 22.7 Å². The van der Waals surface area contributed by atoms with E-state index in [0.29, 0.717) is 15.6 Å². The Labute approximate surface area is 163 Å². The van der Waals surface area contributed by atoms with Crippen LogP contribution in [0.3, 0.4) is 0 Å². The van der Waals surface area contributed by atoms with Gasteiger partial charge in [0.1, 0.15) is 23.5 Å². The second-order valence-corrected chi connectivity index (χ2v) is 6.40. The monoisotopic (exact) mass is 413 g/mol. The van der Waals surface area contributed by atoms with Crippen LogP contribution in [0.5, 0.6) is 0 Å². The Hall–Kier alpha value is -2.28. The van der Waals surface area contributed by atoms with Crippen LogP contribution in [0.2, 0.25) is 15.1 Å². The van der Waals surface area contributed by atoms with Crippen LogP contribution in [0.1, 0.15) is 5.56 Å². The number of benzene rings is 2. The van der Waals surface area contributed by atoms with Gasteiger partial charge in [-0.25, -0.2) is 9.18 Å². The Bertz CT molecular complexity index is 922. The molecule has 1 aromatic heterocycles. The number of carbonyl (C=O) groups is 1. The van der Waals surface area contributed by atoms with Crippen molar-refractivity contribution >= 4 is 46.5 Å². The predicted octanol–water partition coefficient (Wildman–Crippen LogP) is 5.76. The normalized spacial score (nSPS) is 10.6. The summed E-state index contributed by atoms with van der Waals surface area (Å²) in [5.74, 6) is -0.508. The fourth-order valence-electron chi connectivity index (χ4n) is 2.27. The number of anilines is 1. The molecule has 0 atom stereocenters. The maximum Gasteiger partial charge on any atom is 0.319 e. The number of hydrogen-bond donors (Lipinski definition) is 2. The number of carbonyl (C=O) groups excluding carboxylic acids is 1. The first-order valence-electron chi connectivity index (χ1n) is 7.34. The first-order chi connectivity index (χ1) is 12.5. The van der Waals surface area contributed by atoms with E-state index in [1.54, 1.807) is 18.2 Å². The molecule has 2 N–H and O–H groups in total. The Balaban J connectivity index is 1.75. The summed E-state index contributed by atoms with van der Waals surface area (Å²) in [5, 5.41) is 9.85. The van der Waals surface area contributed by atoms with Crippen molar-refractivity contribution in [3.63, 3.8) is 0 Å². The van der Waals surface area contributed by atoms with E-state index in [9.17, 15) is 9.18 Å². The van der Waals surface area contributed by atoms with Crippen molar-refractivity contribution in [2.24, 2.45) is 0 Å². The van der Waals surface area contributed by atoms with Gasteiger partial charge in [0.2, 0.25) is 0 Å². The Kier molecular flexibility index (Phi) is 5.66. The number of halogens is 4. The molecule has 3 aromatic rings. The topological polar surface area (TPSA) is 67.2 Å². The molecule has 5 nitrogen and oxygen atoms in total. The van der Waals surface area contributed by atoms with E-state index >= 15 is 0 Å². The third-order valence-electron chi connectivity index (χ3n) is 3.50. The van der Waals surface area contributed by atoms with Gasteiger partial charge in [-0.3, -0.25) is 0 Å². The lowest BCUT2D eigenvalue weighted by Gasteiger charge is -2.10. The van der Waals surface area contributed by atoms with Gasteiger partial charge in [-0.1, -0.05) is 52.1 Å². The van der Waals surface area contributed by atoms with Crippen molar-refractivity contribution in [3.8, 4) is 11.3 Å². The van der Waals surface area contributed by atoms with Crippen LogP contribution in [0, 0.1) is 5.82 Å². The molecule has 0 aliphatic carbocycles. The molecule has 1 heterocycles. The van der Waals surface area contributed by atoms with E-state index in [-0.39, 0.29) is 28.5 Å². The molecule has 0 radical (unpaired) electrons. The number of urea groups is 1. The lowest BCUT2D eigenvalue weighted by atomic mass is 10.1. The Morgan fingerprint density at radius 1 is 1.08 bits per heavy atom. The molecule has 2 amide bonds. The number of aromatic nitrogens is 1. The molecule has 0 saturated carbocycles. The van der Waals surface area contributed by atoms with Gasteiger partial charge in [-0.15, -0.1) is 0 Å². The summed E-state index contributed by atoms with van der Waals surface area (Å²) in [6, 6.07) is 8.65. The SMILES string of the molecule is O=C(NCc1c(F)cccc1Cl)Nc1conc1-c1c(Cl)cccc1Cl. The van der Waals surface area contributed by atoms with Gasteiger partial charge in [-0.05, 0) is 24.3 Å². The molecule has 0 bridgehead atoms. The smallest absolute Gasteiger partial charge is 0.319 e. The Morgan fingerprint density at radius 3 is 2.42 bits per heavy atom. The minimum Gasteiger partial charge on any atom is -0.362 e. The molecule has 0 unspecified atom stereocenters. The van der Waals surface area contributed by atoms with Crippen molar-refractivity contribution in [2.75, 3.05) is 5.32 Å². The van der Waals surface area contributed by atoms with Crippen LogP contribution in [0.25, 0.3) is 11.3 Å². The summed E-state index contributed by atoms with van der Waals surface area (Å²) in [7, 11) is 0. The molecular weight excluding hydrogens is 404 g/mol. The first-order valence-corrected chi connectivity index (χ1v) is 8.47. The number of rotatable bonds is 4. The van der Waals surface area contributed by atoms with Gasteiger partial charge in [0.05, 0.1) is 10.0 Å². The molecule has 0 fully saturated rings. The predicted molar refractivity (Wildman–Crippen MR) is 99.2 cm³/mol. The van der Waals surface area contributed by atoms with Crippen molar-refractivity contribution in [2.45, 2.75) is 6.54 Å². The summed E-state index contributed by atoms with van der Waals surface area (Å²) in [6.45, 7) is -0.0925. The van der Waals surface area contributed by atoms with Crippen LogP contribution >= 0.6 is 34.8 Å². The van der Waals surface area contributed by atoms with Crippen molar-refractivity contribution < 1.29 is 13.7 Å². The van der Waals surface area contributed by atoms with E-state index in [4.69, 9.17) is 39.3 Å². The van der Waals surface area contributed by atoms with Crippen LogP contribution in [-0.4, -0.2) is 11.2 Å². The molecule has 3 rings (SSSR count). The molecule has 9 heteroatoms. The standard InChI is InChI=1S/C17H11Cl3FN3O2/c18-10-3-2-6-13(21)9(10)7-22-17(25)23-14-8-26-24-16(14)15-11(19)4-1-5-12(15)20/h1-6,8H,7H2,(H2,22,23,25). The van der Waals surface area contributed by atoms with E-state index in [1.807, 2.05) is 0 Å². The highest BCUT2D eigenvalue weighted by atomic mass is 35.5. The lowest BCUT2D eigenvalue weighted by molar-refractivity contribution is 0.251. The Morgan fingerprint density at radius 2 is 1.73 bits per heavy atom. The lowest BCUT2D eigenvalue weighted by Crippen LogP contribution is -2.28. The molecule has 0 aliphatic heterocycles. The highest BCUT2D eigenvalue weighted by Crippen LogP contribution is 2.37. The van der Waals surface area contributed by atoms with E-state index in [1.165, 1.54) is 24.5 Å². The molecule has 0 spiro atoms. The fraction of sp³-hybridized carbons (Fsp3) is 0.0588. The molecular formula is C17H11Cl3FN3O2. The molecule has 26 heavy (non-hydrogen) atoms.